The molecule has 186 valence electrons. The molecular formula is C30H37NO4. The van der Waals surface area contributed by atoms with Gasteiger partial charge in [0.1, 0.15) is 18.1 Å². The predicted molar refractivity (Wildman–Crippen MR) is 136 cm³/mol. The van der Waals surface area contributed by atoms with E-state index in [9.17, 15) is 9.59 Å². The highest BCUT2D eigenvalue weighted by Crippen LogP contribution is 2.33. The van der Waals surface area contributed by atoms with Crippen LogP contribution in [-0.2, 0) is 17.6 Å². The average molecular weight is 476 g/mol. The van der Waals surface area contributed by atoms with Crippen molar-refractivity contribution in [2.75, 3.05) is 26.3 Å². The highest BCUT2D eigenvalue weighted by Gasteiger charge is 2.23. The molecule has 2 aromatic carbocycles. The third kappa shape index (κ3) is 6.25. The minimum atomic E-state index is 0.164. The van der Waals surface area contributed by atoms with Gasteiger partial charge in [-0.1, -0.05) is 37.8 Å². The van der Waals surface area contributed by atoms with Gasteiger partial charge < -0.3 is 14.4 Å². The Morgan fingerprint density at radius 3 is 2.63 bits per heavy atom. The number of ether oxygens (including phenoxy) is 2. The molecule has 2 fully saturated rings. The van der Waals surface area contributed by atoms with E-state index >= 15 is 0 Å². The van der Waals surface area contributed by atoms with E-state index in [0.29, 0.717) is 38.5 Å². The van der Waals surface area contributed by atoms with Gasteiger partial charge in [0.25, 0.3) is 0 Å². The van der Waals surface area contributed by atoms with Crippen LogP contribution in [-0.4, -0.2) is 42.9 Å². The number of carbonyl (C=O) groups excluding carboxylic acids is 2. The summed E-state index contributed by atoms with van der Waals surface area (Å²) >= 11 is 0. The Kier molecular flexibility index (Phi) is 7.70. The van der Waals surface area contributed by atoms with Gasteiger partial charge >= 0.3 is 0 Å². The molecule has 1 aliphatic carbocycles. The predicted octanol–water partition coefficient (Wildman–Crippen LogP) is 5.63. The van der Waals surface area contributed by atoms with Crippen molar-refractivity contribution in [2.45, 2.75) is 64.2 Å². The zero-order chi connectivity index (χ0) is 24.0. The van der Waals surface area contributed by atoms with Crippen molar-refractivity contribution in [3.05, 3.63) is 59.2 Å². The van der Waals surface area contributed by atoms with Crippen LogP contribution >= 0.6 is 0 Å². The Bertz CT molecular complexity index is 1030. The number of ketones is 1. The smallest absolute Gasteiger partial charge is 0.222 e. The Hall–Kier alpha value is -2.82. The minimum Gasteiger partial charge on any atom is -0.493 e. The maximum absolute atomic E-state index is 12.8. The molecule has 5 nitrogen and oxygen atoms in total. The first-order valence-electron chi connectivity index (χ1n) is 13.4. The van der Waals surface area contributed by atoms with Crippen LogP contribution in [0.15, 0.2) is 42.5 Å². The first-order chi connectivity index (χ1) is 17.1. The van der Waals surface area contributed by atoms with E-state index in [0.717, 1.165) is 48.8 Å². The lowest BCUT2D eigenvalue weighted by Crippen LogP contribution is -2.29. The van der Waals surface area contributed by atoms with Gasteiger partial charge in [0.15, 0.2) is 5.78 Å². The van der Waals surface area contributed by atoms with Crippen molar-refractivity contribution >= 4 is 11.7 Å². The molecule has 0 aromatic heterocycles. The third-order valence-electron chi connectivity index (χ3n) is 7.87. The molecule has 35 heavy (non-hydrogen) atoms. The summed E-state index contributed by atoms with van der Waals surface area (Å²) in [6, 6.07) is 14.2. The highest BCUT2D eigenvalue weighted by molar-refractivity contribution is 5.96. The second-order valence-electron chi connectivity index (χ2n) is 10.5. The molecule has 0 spiro atoms. The van der Waals surface area contributed by atoms with Crippen molar-refractivity contribution in [3.8, 4) is 11.5 Å². The van der Waals surface area contributed by atoms with Crippen molar-refractivity contribution < 1.29 is 19.1 Å². The summed E-state index contributed by atoms with van der Waals surface area (Å²) in [6.45, 7) is 2.62. The van der Waals surface area contributed by atoms with Crippen molar-refractivity contribution in [1.82, 2.24) is 4.90 Å². The molecule has 5 heteroatoms. The molecule has 1 atom stereocenters. The number of likely N-dealkylation sites (tertiary alicyclic amines) is 1. The Morgan fingerprint density at radius 1 is 1.03 bits per heavy atom. The molecular weight excluding hydrogens is 438 g/mol. The molecule has 0 N–H and O–H groups in total. The normalized spacial score (nSPS) is 20.1. The Morgan fingerprint density at radius 2 is 1.86 bits per heavy atom. The summed E-state index contributed by atoms with van der Waals surface area (Å²) in [6.07, 6.45) is 10.6. The Balaban J connectivity index is 1.05. The largest absolute Gasteiger partial charge is 0.493 e. The molecule has 2 heterocycles. The number of carbonyl (C=O) groups is 2. The van der Waals surface area contributed by atoms with Crippen molar-refractivity contribution in [1.29, 1.82) is 0 Å². The zero-order valence-electron chi connectivity index (χ0n) is 20.7. The Labute approximate surface area is 208 Å². The lowest BCUT2D eigenvalue weighted by Gasteiger charge is -2.26. The SMILES string of the molecule is O=C(CC[C@H]1COc2cc(CC3CCCC3)ccc2C1)c1ccc(OCCN2CCCC2=O)cc1. The standard InChI is InChI=1S/C30H37NO4/c32-28(25-10-12-27(13-11-25)34-17-16-31-15-3-6-30(31)33)14-8-24-19-26-9-7-23(20-29(26)35-21-24)18-22-4-1-2-5-22/h7,9-13,20,22,24H,1-6,8,14-19,21H2/t24-/m1/s1. The molecule has 2 aliphatic heterocycles. The van der Waals surface area contributed by atoms with Crippen LogP contribution in [0.5, 0.6) is 11.5 Å². The van der Waals surface area contributed by atoms with E-state index in [1.54, 1.807) is 0 Å². The highest BCUT2D eigenvalue weighted by atomic mass is 16.5. The first kappa shape index (κ1) is 23.9. The van der Waals surface area contributed by atoms with Crippen LogP contribution in [0, 0.1) is 11.8 Å². The van der Waals surface area contributed by atoms with Gasteiger partial charge in [0.2, 0.25) is 5.91 Å². The molecule has 2 aromatic rings. The molecule has 0 unspecified atom stereocenters. The zero-order valence-corrected chi connectivity index (χ0v) is 20.7. The van der Waals surface area contributed by atoms with E-state index in [2.05, 4.69) is 18.2 Å². The maximum atomic E-state index is 12.8. The summed E-state index contributed by atoms with van der Waals surface area (Å²) in [4.78, 5) is 26.3. The maximum Gasteiger partial charge on any atom is 0.222 e. The number of nitrogens with zero attached hydrogens (tertiary/aromatic N) is 1. The van der Waals surface area contributed by atoms with Crippen molar-refractivity contribution in [2.24, 2.45) is 11.8 Å². The van der Waals surface area contributed by atoms with Crippen LogP contribution in [0.1, 0.15) is 72.9 Å². The van der Waals surface area contributed by atoms with E-state index < -0.39 is 0 Å². The molecule has 0 bridgehead atoms. The number of fused-ring (bicyclic) bond motifs is 1. The quantitative estimate of drug-likeness (QED) is 0.418. The van der Waals surface area contributed by atoms with E-state index in [1.807, 2.05) is 29.2 Å². The van der Waals surface area contributed by atoms with Gasteiger partial charge in [0.05, 0.1) is 13.2 Å². The van der Waals surface area contributed by atoms with Gasteiger partial charge in [-0.25, -0.2) is 0 Å². The number of rotatable bonds is 10. The average Bonchev–Trinajstić information content (AvgIpc) is 3.54. The summed E-state index contributed by atoms with van der Waals surface area (Å²) in [5.41, 5.74) is 3.41. The molecule has 1 saturated carbocycles. The molecule has 0 radical (unpaired) electrons. The van der Waals surface area contributed by atoms with E-state index in [-0.39, 0.29) is 11.7 Å². The van der Waals surface area contributed by atoms with Gasteiger partial charge in [-0.2, -0.15) is 0 Å². The van der Waals surface area contributed by atoms with Crippen LogP contribution in [0.3, 0.4) is 0 Å². The van der Waals surface area contributed by atoms with Gasteiger partial charge in [-0.05, 0) is 79.0 Å². The van der Waals surface area contributed by atoms with E-state index in [4.69, 9.17) is 9.47 Å². The lowest BCUT2D eigenvalue weighted by atomic mass is 9.89. The molecule has 3 aliphatic rings. The summed E-state index contributed by atoms with van der Waals surface area (Å²) < 4.78 is 11.9. The number of benzene rings is 2. The van der Waals surface area contributed by atoms with Crippen LogP contribution in [0.25, 0.3) is 0 Å². The summed E-state index contributed by atoms with van der Waals surface area (Å²) in [5.74, 6) is 3.38. The van der Waals surface area contributed by atoms with Crippen LogP contribution < -0.4 is 9.47 Å². The monoisotopic (exact) mass is 475 g/mol. The topological polar surface area (TPSA) is 55.8 Å². The lowest BCUT2D eigenvalue weighted by molar-refractivity contribution is -0.128. The van der Waals surface area contributed by atoms with Crippen LogP contribution in [0.4, 0.5) is 0 Å². The molecule has 1 saturated heterocycles. The molecule has 1 amide bonds. The second kappa shape index (κ2) is 11.3. The molecule has 5 rings (SSSR count). The van der Waals surface area contributed by atoms with Crippen molar-refractivity contribution in [3.63, 3.8) is 0 Å². The third-order valence-corrected chi connectivity index (χ3v) is 7.87. The van der Waals surface area contributed by atoms with Gasteiger partial charge in [-0.3, -0.25) is 9.59 Å². The number of hydrogen-bond donors (Lipinski definition) is 0. The second-order valence-corrected chi connectivity index (χ2v) is 10.5. The van der Waals surface area contributed by atoms with Crippen LogP contribution in [0.2, 0.25) is 0 Å². The fourth-order valence-electron chi connectivity index (χ4n) is 5.77. The van der Waals surface area contributed by atoms with E-state index in [1.165, 1.54) is 43.2 Å². The van der Waals surface area contributed by atoms with Gasteiger partial charge in [-0.15, -0.1) is 0 Å². The fourth-order valence-corrected chi connectivity index (χ4v) is 5.77. The fraction of sp³-hybridized carbons (Fsp3) is 0.533. The van der Waals surface area contributed by atoms with Gasteiger partial charge in [0, 0.05) is 24.9 Å². The first-order valence-corrected chi connectivity index (χ1v) is 13.4. The summed E-state index contributed by atoms with van der Waals surface area (Å²) in [7, 11) is 0. The minimum absolute atomic E-state index is 0.164. The number of Topliss-reactive ketones (excluding diaryl/α,β-unsaturated/α-hetero) is 1. The summed E-state index contributed by atoms with van der Waals surface area (Å²) in [5, 5.41) is 0. The number of hydrogen-bond acceptors (Lipinski definition) is 4. The number of amides is 1.